The molecule has 90 valence electrons. The normalized spacial score (nSPS) is 13.0. The molecular formula is C10H16N2O4. The lowest BCUT2D eigenvalue weighted by atomic mass is 10.2. The molecule has 0 radical (unpaired) electrons. The minimum atomic E-state index is -1.09. The largest absolute Gasteiger partial charge is 0.479 e. The number of rotatable bonds is 6. The Bertz CT molecular complexity index is 348. The predicted molar refractivity (Wildman–Crippen MR) is 56.0 cm³/mol. The third kappa shape index (κ3) is 2.80. The summed E-state index contributed by atoms with van der Waals surface area (Å²) in [4.78, 5) is 14.9. The highest BCUT2D eigenvalue weighted by Crippen LogP contribution is 2.20. The van der Waals surface area contributed by atoms with Gasteiger partial charge in [-0.2, -0.15) is 0 Å². The average Bonchev–Trinajstić information content (AvgIpc) is 2.66. The summed E-state index contributed by atoms with van der Waals surface area (Å²) in [6.45, 7) is 3.63. The van der Waals surface area contributed by atoms with Crippen LogP contribution >= 0.6 is 0 Å². The van der Waals surface area contributed by atoms with Crippen LogP contribution in [0.3, 0.4) is 0 Å². The lowest BCUT2D eigenvalue weighted by molar-refractivity contribution is -0.152. The van der Waals surface area contributed by atoms with Crippen molar-refractivity contribution in [3.05, 3.63) is 18.2 Å². The first-order valence-electron chi connectivity index (χ1n) is 5.05. The van der Waals surface area contributed by atoms with Gasteiger partial charge in [0.05, 0.1) is 31.4 Å². The van der Waals surface area contributed by atoms with Crippen molar-refractivity contribution in [2.24, 2.45) is 0 Å². The summed E-state index contributed by atoms with van der Waals surface area (Å²) in [6.07, 6.45) is 1.95. The van der Waals surface area contributed by atoms with E-state index in [0.29, 0.717) is 5.69 Å². The van der Waals surface area contributed by atoms with Crippen molar-refractivity contribution in [3.63, 3.8) is 0 Å². The second-order valence-electron chi connectivity index (χ2n) is 3.63. The number of hydrogen-bond donors (Lipinski definition) is 2. The summed E-state index contributed by atoms with van der Waals surface area (Å²) in [5.74, 6) is -1.09. The molecule has 1 atom stereocenters. The maximum absolute atomic E-state index is 11.0. The molecule has 16 heavy (non-hydrogen) atoms. The van der Waals surface area contributed by atoms with Gasteiger partial charge in [-0.25, -0.2) is 9.78 Å². The zero-order valence-electron chi connectivity index (χ0n) is 9.33. The van der Waals surface area contributed by atoms with Crippen LogP contribution < -0.4 is 0 Å². The number of aromatic nitrogens is 2. The Balaban J connectivity index is 2.92. The molecule has 0 aromatic carbocycles. The van der Waals surface area contributed by atoms with Crippen molar-refractivity contribution in [1.29, 1.82) is 0 Å². The molecule has 6 heteroatoms. The maximum Gasteiger partial charge on any atom is 0.339 e. The average molecular weight is 228 g/mol. The van der Waals surface area contributed by atoms with Gasteiger partial charge in [0.15, 0.2) is 6.10 Å². The number of carboxylic acid groups (broad SMARTS) is 1. The van der Waals surface area contributed by atoms with E-state index in [1.165, 1.54) is 6.20 Å². The second kappa shape index (κ2) is 5.62. The van der Waals surface area contributed by atoms with Gasteiger partial charge in [-0.05, 0) is 13.8 Å². The Morgan fingerprint density at radius 3 is 2.81 bits per heavy atom. The first-order valence-corrected chi connectivity index (χ1v) is 5.05. The van der Waals surface area contributed by atoms with Gasteiger partial charge >= 0.3 is 5.97 Å². The number of carbonyl (C=O) groups is 1. The van der Waals surface area contributed by atoms with Crippen molar-refractivity contribution in [2.75, 3.05) is 13.2 Å². The first kappa shape index (κ1) is 12.7. The minimum Gasteiger partial charge on any atom is -0.479 e. The van der Waals surface area contributed by atoms with Gasteiger partial charge in [0.2, 0.25) is 0 Å². The molecule has 1 unspecified atom stereocenters. The smallest absolute Gasteiger partial charge is 0.339 e. The number of aliphatic hydroxyl groups is 1. The molecule has 6 nitrogen and oxygen atoms in total. The van der Waals surface area contributed by atoms with Crippen molar-refractivity contribution in [2.45, 2.75) is 26.0 Å². The zero-order chi connectivity index (χ0) is 12.1. The van der Waals surface area contributed by atoms with E-state index >= 15 is 0 Å². The Morgan fingerprint density at radius 2 is 2.31 bits per heavy atom. The predicted octanol–water partition coefficient (Wildman–Crippen LogP) is 0.599. The van der Waals surface area contributed by atoms with E-state index in [2.05, 4.69) is 4.98 Å². The number of aliphatic carboxylic acids is 1. The van der Waals surface area contributed by atoms with E-state index in [4.69, 9.17) is 14.9 Å². The van der Waals surface area contributed by atoms with Crippen molar-refractivity contribution >= 4 is 5.97 Å². The fourth-order valence-corrected chi connectivity index (χ4v) is 1.40. The van der Waals surface area contributed by atoms with Crippen molar-refractivity contribution in [3.8, 4) is 0 Å². The van der Waals surface area contributed by atoms with Gasteiger partial charge in [-0.15, -0.1) is 0 Å². The number of nitrogens with zero attached hydrogens (tertiary/aromatic N) is 2. The van der Waals surface area contributed by atoms with Crippen molar-refractivity contribution in [1.82, 2.24) is 9.55 Å². The van der Waals surface area contributed by atoms with Crippen LogP contribution in [-0.2, 0) is 9.53 Å². The Kier molecular flexibility index (Phi) is 4.45. The van der Waals surface area contributed by atoms with E-state index in [9.17, 15) is 4.79 Å². The third-order valence-corrected chi connectivity index (χ3v) is 2.12. The molecular weight excluding hydrogens is 212 g/mol. The molecule has 0 saturated carbocycles. The van der Waals surface area contributed by atoms with Gasteiger partial charge in [0.1, 0.15) is 0 Å². The van der Waals surface area contributed by atoms with Crippen LogP contribution in [0, 0.1) is 0 Å². The Labute approximate surface area is 93.5 Å². The second-order valence-corrected chi connectivity index (χ2v) is 3.63. The molecule has 2 N–H and O–H groups in total. The molecule has 0 amide bonds. The van der Waals surface area contributed by atoms with Crippen LogP contribution in [0.1, 0.15) is 31.7 Å². The number of hydrogen-bond acceptors (Lipinski definition) is 4. The molecule has 0 fully saturated rings. The van der Waals surface area contributed by atoms with Crippen LogP contribution in [0.25, 0.3) is 0 Å². The van der Waals surface area contributed by atoms with Gasteiger partial charge in [-0.3, -0.25) is 0 Å². The number of aliphatic hydroxyl groups excluding tert-OH is 1. The first-order chi connectivity index (χ1) is 7.57. The summed E-state index contributed by atoms with van der Waals surface area (Å²) in [7, 11) is 0. The molecule has 0 aliphatic rings. The number of imidazole rings is 1. The van der Waals surface area contributed by atoms with Gasteiger partial charge < -0.3 is 19.5 Å². The van der Waals surface area contributed by atoms with E-state index in [1.54, 1.807) is 10.9 Å². The number of ether oxygens (including phenoxy) is 1. The van der Waals surface area contributed by atoms with E-state index in [0.717, 1.165) is 0 Å². The zero-order valence-corrected chi connectivity index (χ0v) is 9.33. The van der Waals surface area contributed by atoms with E-state index in [-0.39, 0.29) is 19.3 Å². The number of carboxylic acids is 1. The van der Waals surface area contributed by atoms with Crippen LogP contribution in [0.15, 0.2) is 12.5 Å². The Hall–Kier alpha value is -1.40. The summed E-state index contributed by atoms with van der Waals surface area (Å²) in [5.41, 5.74) is 0.482. The molecule has 0 saturated heterocycles. The topological polar surface area (TPSA) is 84.6 Å². The molecule has 1 aromatic rings. The highest BCUT2D eigenvalue weighted by atomic mass is 16.5. The van der Waals surface area contributed by atoms with Gasteiger partial charge in [0.25, 0.3) is 0 Å². The van der Waals surface area contributed by atoms with Gasteiger partial charge in [-0.1, -0.05) is 0 Å². The molecule has 1 aromatic heterocycles. The van der Waals surface area contributed by atoms with Crippen molar-refractivity contribution < 1.29 is 19.7 Å². The van der Waals surface area contributed by atoms with Crippen LogP contribution in [0.2, 0.25) is 0 Å². The van der Waals surface area contributed by atoms with Crippen LogP contribution in [0.5, 0.6) is 0 Å². The van der Waals surface area contributed by atoms with Crippen LogP contribution in [0.4, 0.5) is 0 Å². The fraction of sp³-hybridized carbons (Fsp3) is 0.600. The summed E-state index contributed by atoms with van der Waals surface area (Å²) in [6, 6.07) is 0.108. The fourth-order valence-electron chi connectivity index (χ4n) is 1.40. The van der Waals surface area contributed by atoms with Crippen LogP contribution in [-0.4, -0.2) is 38.9 Å². The molecule has 1 rings (SSSR count). The molecule has 0 spiro atoms. The molecule has 1 heterocycles. The van der Waals surface area contributed by atoms with Gasteiger partial charge in [0, 0.05) is 6.04 Å². The summed E-state index contributed by atoms with van der Waals surface area (Å²) < 4.78 is 6.81. The van der Waals surface area contributed by atoms with E-state index < -0.39 is 12.1 Å². The monoisotopic (exact) mass is 228 g/mol. The highest BCUT2D eigenvalue weighted by molar-refractivity contribution is 5.73. The Morgan fingerprint density at radius 1 is 1.62 bits per heavy atom. The lowest BCUT2D eigenvalue weighted by Gasteiger charge is -2.17. The molecule has 0 aliphatic heterocycles. The quantitative estimate of drug-likeness (QED) is 0.744. The third-order valence-electron chi connectivity index (χ3n) is 2.12. The highest BCUT2D eigenvalue weighted by Gasteiger charge is 2.24. The lowest BCUT2D eigenvalue weighted by Crippen LogP contribution is -2.21. The SMILES string of the molecule is CC(C)n1cncc1C(OCCO)C(=O)O. The maximum atomic E-state index is 11.0. The molecule has 0 aliphatic carbocycles. The molecule has 0 bridgehead atoms. The standard InChI is InChI=1S/C10H16N2O4/c1-7(2)12-6-11-5-8(12)9(10(14)15)16-4-3-13/h5-7,9,13H,3-4H2,1-2H3,(H,14,15). The minimum absolute atomic E-state index is 0.0136. The van der Waals surface area contributed by atoms with E-state index in [1.807, 2.05) is 13.8 Å². The summed E-state index contributed by atoms with van der Waals surface area (Å²) in [5, 5.41) is 17.7. The summed E-state index contributed by atoms with van der Waals surface area (Å²) >= 11 is 0.